The van der Waals surface area contributed by atoms with Crippen molar-refractivity contribution >= 4 is 8.38 Å². The van der Waals surface area contributed by atoms with E-state index in [4.69, 9.17) is 19.6 Å². The van der Waals surface area contributed by atoms with Crippen molar-refractivity contribution < 1.29 is 29.4 Å². The second-order valence-corrected chi connectivity index (χ2v) is 5.08. The van der Waals surface area contributed by atoms with Crippen LogP contribution in [-0.4, -0.2) is 43.4 Å². The number of H-pyrrole nitrogens is 1. The second-order valence-electron chi connectivity index (χ2n) is 3.94. The molecule has 0 amide bonds. The van der Waals surface area contributed by atoms with Crippen molar-refractivity contribution in [3.8, 4) is 0 Å². The molecular weight excluding hydrogens is 295 g/mol. The molecule has 1 saturated heterocycles. The van der Waals surface area contributed by atoms with Crippen LogP contribution >= 0.6 is 8.38 Å². The summed E-state index contributed by atoms with van der Waals surface area (Å²) in [5.41, 5.74) is -1.30. The van der Waals surface area contributed by atoms with E-state index in [1.54, 1.807) is 0 Å². The molecule has 2 rings (SSSR count). The largest absolute Gasteiger partial charge is 0.388 e. The number of aliphatic hydroxyl groups excluding tert-OH is 2. The van der Waals surface area contributed by atoms with E-state index in [0.29, 0.717) is 0 Å². The number of aromatic nitrogens is 2. The van der Waals surface area contributed by atoms with Crippen molar-refractivity contribution in [1.82, 2.24) is 9.55 Å². The van der Waals surface area contributed by atoms with Gasteiger partial charge in [0.05, 0.1) is 0 Å². The summed E-state index contributed by atoms with van der Waals surface area (Å²) in [7, 11) is -2.13. The summed E-state index contributed by atoms with van der Waals surface area (Å²) >= 11 is 0. The van der Waals surface area contributed by atoms with Gasteiger partial charge in [0, 0.05) is 18.7 Å². The third-order valence-electron chi connectivity index (χ3n) is 2.54. The standard InChI is InChI=1S/C9H13N2O8P/c12-4-20(16)19-18-7-3-5(13)8(17-7)11-2-1-6(14)10-9(11)15/h1-2,5,7-8,12-13,16H,3-4H2,(H,10,14,15)/t5-,7+,8+,20?/m0/s1. The zero-order valence-corrected chi connectivity index (χ0v) is 11.0. The fourth-order valence-electron chi connectivity index (χ4n) is 1.68. The van der Waals surface area contributed by atoms with Gasteiger partial charge >= 0.3 is 5.69 Å². The SMILES string of the molecule is O=c1ccn([C@@H]2O[C@H](OOP(O)CO)C[C@@H]2O)c(=O)[nH]1. The molecule has 112 valence electrons. The van der Waals surface area contributed by atoms with Crippen LogP contribution in [0, 0.1) is 0 Å². The van der Waals surface area contributed by atoms with E-state index in [9.17, 15) is 14.7 Å². The first kappa shape index (κ1) is 15.3. The summed E-state index contributed by atoms with van der Waals surface area (Å²) < 4.78 is 10.7. The van der Waals surface area contributed by atoms with Gasteiger partial charge in [-0.3, -0.25) is 14.3 Å². The third kappa shape index (κ3) is 3.49. The van der Waals surface area contributed by atoms with Crippen LogP contribution in [0.3, 0.4) is 0 Å². The summed E-state index contributed by atoms with van der Waals surface area (Å²) in [5.74, 6) is 0. The molecule has 11 heteroatoms. The van der Waals surface area contributed by atoms with Gasteiger partial charge in [-0.25, -0.2) is 4.79 Å². The molecule has 4 atom stereocenters. The van der Waals surface area contributed by atoms with Crippen molar-refractivity contribution in [3.63, 3.8) is 0 Å². The van der Waals surface area contributed by atoms with Crippen LogP contribution < -0.4 is 11.2 Å². The minimum atomic E-state index is -2.13. The lowest BCUT2D eigenvalue weighted by Gasteiger charge is -2.16. The van der Waals surface area contributed by atoms with E-state index in [1.165, 1.54) is 6.20 Å². The number of aliphatic hydroxyl groups is 2. The summed E-state index contributed by atoms with van der Waals surface area (Å²) in [4.78, 5) is 38.2. The maximum absolute atomic E-state index is 11.6. The number of nitrogens with one attached hydrogen (secondary N) is 1. The first-order chi connectivity index (χ1) is 9.51. The highest BCUT2D eigenvalue weighted by Crippen LogP contribution is 2.34. The minimum Gasteiger partial charge on any atom is -0.388 e. The van der Waals surface area contributed by atoms with Gasteiger partial charge in [-0.05, 0) is 0 Å². The Morgan fingerprint density at radius 2 is 2.30 bits per heavy atom. The van der Waals surface area contributed by atoms with Gasteiger partial charge in [-0.1, -0.05) is 0 Å². The Kier molecular flexibility index (Phi) is 5.00. The van der Waals surface area contributed by atoms with Gasteiger partial charge in [0.2, 0.25) is 8.38 Å². The number of hydrogen-bond acceptors (Lipinski definition) is 8. The van der Waals surface area contributed by atoms with Crippen molar-refractivity contribution in [3.05, 3.63) is 33.1 Å². The Balaban J connectivity index is 2.03. The lowest BCUT2D eigenvalue weighted by Crippen LogP contribution is -2.34. The van der Waals surface area contributed by atoms with E-state index in [1.807, 2.05) is 4.98 Å². The summed E-state index contributed by atoms with van der Waals surface area (Å²) in [6, 6.07) is 1.11. The number of hydrogen-bond donors (Lipinski definition) is 4. The van der Waals surface area contributed by atoms with Crippen molar-refractivity contribution in [2.75, 3.05) is 6.35 Å². The first-order valence-corrected chi connectivity index (χ1v) is 6.96. The Morgan fingerprint density at radius 3 is 2.95 bits per heavy atom. The lowest BCUT2D eigenvalue weighted by atomic mass is 10.2. The van der Waals surface area contributed by atoms with Crippen molar-refractivity contribution in [1.29, 1.82) is 0 Å². The van der Waals surface area contributed by atoms with Gasteiger partial charge in [-0.15, -0.1) is 0 Å². The molecule has 20 heavy (non-hydrogen) atoms. The maximum Gasteiger partial charge on any atom is 0.330 e. The van der Waals surface area contributed by atoms with Crippen LogP contribution in [0.4, 0.5) is 0 Å². The zero-order chi connectivity index (χ0) is 14.7. The number of aromatic amines is 1. The maximum atomic E-state index is 11.6. The number of ether oxygens (including phenoxy) is 1. The van der Waals surface area contributed by atoms with Gasteiger partial charge in [0.25, 0.3) is 5.56 Å². The van der Waals surface area contributed by atoms with E-state index in [2.05, 4.69) is 4.67 Å². The fraction of sp³-hybridized carbons (Fsp3) is 0.556. The molecular formula is C9H13N2O8P. The van der Waals surface area contributed by atoms with E-state index >= 15 is 0 Å². The Labute approximate surface area is 113 Å². The van der Waals surface area contributed by atoms with Crippen LogP contribution in [0.15, 0.2) is 21.9 Å². The van der Waals surface area contributed by atoms with E-state index in [0.717, 1.165) is 10.6 Å². The Bertz CT molecular complexity index is 559. The summed E-state index contributed by atoms with van der Waals surface area (Å²) in [6.45, 7) is 0. The molecule has 10 nitrogen and oxygen atoms in total. The van der Waals surface area contributed by atoms with Crippen LogP contribution in [0.1, 0.15) is 12.6 Å². The second kappa shape index (κ2) is 6.55. The molecule has 1 fully saturated rings. The van der Waals surface area contributed by atoms with E-state index < -0.39 is 44.6 Å². The molecule has 1 unspecified atom stereocenters. The van der Waals surface area contributed by atoms with Gasteiger partial charge in [0.15, 0.2) is 12.5 Å². The third-order valence-corrected chi connectivity index (χ3v) is 3.04. The van der Waals surface area contributed by atoms with Gasteiger partial charge in [0.1, 0.15) is 12.5 Å². The molecule has 2 heterocycles. The smallest absolute Gasteiger partial charge is 0.330 e. The molecule has 1 aliphatic heterocycles. The minimum absolute atomic E-state index is 0.00909. The predicted molar refractivity (Wildman–Crippen MR) is 64.3 cm³/mol. The molecule has 0 aliphatic carbocycles. The van der Waals surface area contributed by atoms with Crippen LogP contribution in [0.2, 0.25) is 0 Å². The van der Waals surface area contributed by atoms with Crippen molar-refractivity contribution in [2.24, 2.45) is 0 Å². The molecule has 4 N–H and O–H groups in total. The fourth-order valence-corrected chi connectivity index (χ4v) is 1.92. The highest BCUT2D eigenvalue weighted by molar-refractivity contribution is 7.45. The Hall–Kier alpha value is -1.13. The monoisotopic (exact) mass is 308 g/mol. The molecule has 1 aromatic rings. The predicted octanol–water partition coefficient (Wildman–Crippen LogP) is -1.66. The van der Waals surface area contributed by atoms with Gasteiger partial charge < -0.3 is 19.8 Å². The first-order valence-electron chi connectivity index (χ1n) is 5.57. The number of rotatable bonds is 5. The average Bonchev–Trinajstić information content (AvgIpc) is 2.77. The molecule has 0 bridgehead atoms. The normalized spacial score (nSPS) is 27.6. The Morgan fingerprint density at radius 1 is 1.55 bits per heavy atom. The summed E-state index contributed by atoms with van der Waals surface area (Å²) in [5, 5.41) is 18.4. The van der Waals surface area contributed by atoms with Crippen molar-refractivity contribution in [2.45, 2.75) is 25.0 Å². The van der Waals surface area contributed by atoms with Crippen LogP contribution in [0.25, 0.3) is 0 Å². The highest BCUT2D eigenvalue weighted by Gasteiger charge is 2.37. The van der Waals surface area contributed by atoms with E-state index in [-0.39, 0.29) is 6.42 Å². The topological polar surface area (TPSA) is 143 Å². The highest BCUT2D eigenvalue weighted by atomic mass is 31.2. The quantitative estimate of drug-likeness (QED) is 0.288. The molecule has 1 aliphatic rings. The average molecular weight is 308 g/mol. The molecule has 0 aromatic carbocycles. The van der Waals surface area contributed by atoms with Gasteiger partial charge in [-0.2, -0.15) is 9.56 Å². The molecule has 0 radical (unpaired) electrons. The summed E-state index contributed by atoms with van der Waals surface area (Å²) in [6.07, 6.45) is -2.56. The zero-order valence-electron chi connectivity index (χ0n) is 10.1. The molecule has 0 saturated carbocycles. The molecule has 1 aromatic heterocycles. The van der Waals surface area contributed by atoms with Crippen LogP contribution in [0.5, 0.6) is 0 Å². The number of nitrogens with zero attached hydrogens (tertiary/aromatic N) is 1. The molecule has 0 spiro atoms. The van der Waals surface area contributed by atoms with Crippen LogP contribution in [-0.2, 0) is 14.3 Å². The lowest BCUT2D eigenvalue weighted by molar-refractivity contribution is -0.318.